The van der Waals surface area contributed by atoms with Crippen molar-refractivity contribution in [3.63, 3.8) is 0 Å². The summed E-state index contributed by atoms with van der Waals surface area (Å²) in [6, 6.07) is 5.55. The number of carboxylic acids is 1. The molecule has 88 valence electrons. The van der Waals surface area contributed by atoms with Crippen LogP contribution in [0.15, 0.2) is 18.2 Å². The number of hydrogen-bond acceptors (Lipinski definition) is 2. The molecular formula is C13H19NO2. The first-order valence-corrected chi connectivity index (χ1v) is 5.50. The molecule has 3 nitrogen and oxygen atoms in total. The quantitative estimate of drug-likeness (QED) is 0.849. The van der Waals surface area contributed by atoms with Gasteiger partial charge < -0.3 is 10.0 Å². The summed E-state index contributed by atoms with van der Waals surface area (Å²) in [5, 5.41) is 9.15. The Hall–Kier alpha value is -1.51. The van der Waals surface area contributed by atoms with E-state index in [-0.39, 0.29) is 0 Å². The fourth-order valence-corrected chi connectivity index (χ4v) is 2.13. The van der Waals surface area contributed by atoms with Crippen LogP contribution in [0.3, 0.4) is 0 Å². The monoisotopic (exact) mass is 221 g/mol. The molecule has 1 aromatic carbocycles. The van der Waals surface area contributed by atoms with Crippen molar-refractivity contribution in [3.05, 3.63) is 29.3 Å². The van der Waals surface area contributed by atoms with E-state index in [1.807, 2.05) is 50.9 Å². The van der Waals surface area contributed by atoms with Crippen molar-refractivity contribution >= 4 is 11.7 Å². The molecular weight excluding hydrogens is 202 g/mol. The van der Waals surface area contributed by atoms with Crippen molar-refractivity contribution in [2.75, 3.05) is 11.9 Å². The fourth-order valence-electron chi connectivity index (χ4n) is 2.13. The molecule has 0 aliphatic heterocycles. The molecule has 0 aliphatic carbocycles. The number of rotatable bonds is 4. The SMILES string of the molecule is CC[C@@H](C(=O)O)N(C)c1c(C)cccc1C. The fraction of sp³-hybridized carbons (Fsp3) is 0.462. The summed E-state index contributed by atoms with van der Waals surface area (Å²) >= 11 is 0. The third-order valence-electron chi connectivity index (χ3n) is 2.93. The first kappa shape index (κ1) is 12.6. The van der Waals surface area contributed by atoms with Crippen molar-refractivity contribution in [3.8, 4) is 0 Å². The summed E-state index contributed by atoms with van der Waals surface area (Å²) in [6.07, 6.45) is 0.597. The molecule has 0 aromatic heterocycles. The first-order chi connectivity index (χ1) is 7.49. The Morgan fingerprint density at radius 2 is 1.88 bits per heavy atom. The van der Waals surface area contributed by atoms with Gasteiger partial charge in [-0.15, -0.1) is 0 Å². The number of carboxylic acid groups (broad SMARTS) is 1. The predicted molar refractivity (Wildman–Crippen MR) is 66.0 cm³/mol. The Balaban J connectivity index is 3.12. The van der Waals surface area contributed by atoms with Crippen LogP contribution >= 0.6 is 0 Å². The molecule has 1 N–H and O–H groups in total. The van der Waals surface area contributed by atoms with Gasteiger partial charge in [0.1, 0.15) is 6.04 Å². The third kappa shape index (κ3) is 2.35. The molecule has 0 amide bonds. The molecule has 1 rings (SSSR count). The Kier molecular flexibility index (Phi) is 3.93. The van der Waals surface area contributed by atoms with E-state index in [0.717, 1.165) is 16.8 Å². The Morgan fingerprint density at radius 1 is 1.38 bits per heavy atom. The van der Waals surface area contributed by atoms with Gasteiger partial charge in [0.15, 0.2) is 0 Å². The number of likely N-dealkylation sites (N-methyl/N-ethyl adjacent to an activating group) is 1. The van der Waals surface area contributed by atoms with Gasteiger partial charge in [0, 0.05) is 12.7 Å². The molecule has 0 heterocycles. The van der Waals surface area contributed by atoms with Gasteiger partial charge in [-0.3, -0.25) is 0 Å². The highest BCUT2D eigenvalue weighted by Crippen LogP contribution is 2.25. The van der Waals surface area contributed by atoms with Gasteiger partial charge in [-0.2, -0.15) is 0 Å². The lowest BCUT2D eigenvalue weighted by Gasteiger charge is -2.28. The molecule has 16 heavy (non-hydrogen) atoms. The normalized spacial score (nSPS) is 12.2. The highest BCUT2D eigenvalue weighted by atomic mass is 16.4. The maximum absolute atomic E-state index is 11.1. The molecule has 1 atom stereocenters. The lowest BCUT2D eigenvalue weighted by Crippen LogP contribution is -2.38. The second-order valence-electron chi connectivity index (χ2n) is 4.11. The Morgan fingerprint density at radius 3 is 2.25 bits per heavy atom. The van der Waals surface area contributed by atoms with E-state index in [2.05, 4.69) is 0 Å². The molecule has 0 spiro atoms. The van der Waals surface area contributed by atoms with E-state index in [0.29, 0.717) is 6.42 Å². The van der Waals surface area contributed by atoms with Crippen LogP contribution in [0.25, 0.3) is 0 Å². The van der Waals surface area contributed by atoms with Gasteiger partial charge in [-0.25, -0.2) is 4.79 Å². The predicted octanol–water partition coefficient (Wildman–Crippen LogP) is 2.60. The van der Waals surface area contributed by atoms with Crippen LogP contribution in [0, 0.1) is 13.8 Å². The zero-order valence-corrected chi connectivity index (χ0v) is 10.3. The maximum Gasteiger partial charge on any atom is 0.326 e. The van der Waals surface area contributed by atoms with Crippen molar-refractivity contribution in [2.24, 2.45) is 0 Å². The average Bonchev–Trinajstić information content (AvgIpc) is 2.17. The summed E-state index contributed by atoms with van der Waals surface area (Å²) in [6.45, 7) is 5.91. The Bertz CT molecular complexity index is 367. The molecule has 1 aromatic rings. The zero-order valence-electron chi connectivity index (χ0n) is 10.3. The van der Waals surface area contributed by atoms with Gasteiger partial charge in [-0.05, 0) is 31.4 Å². The van der Waals surface area contributed by atoms with Gasteiger partial charge in [0.25, 0.3) is 0 Å². The topological polar surface area (TPSA) is 40.5 Å². The number of carbonyl (C=O) groups is 1. The largest absolute Gasteiger partial charge is 0.480 e. The molecule has 0 unspecified atom stereocenters. The highest BCUT2D eigenvalue weighted by Gasteiger charge is 2.22. The van der Waals surface area contributed by atoms with Gasteiger partial charge in [-0.1, -0.05) is 25.1 Å². The van der Waals surface area contributed by atoms with E-state index in [1.165, 1.54) is 0 Å². The minimum absolute atomic E-state index is 0.459. The molecule has 0 bridgehead atoms. The smallest absolute Gasteiger partial charge is 0.326 e. The van der Waals surface area contributed by atoms with E-state index < -0.39 is 12.0 Å². The summed E-state index contributed by atoms with van der Waals surface area (Å²) < 4.78 is 0. The van der Waals surface area contributed by atoms with E-state index in [1.54, 1.807) is 0 Å². The second-order valence-corrected chi connectivity index (χ2v) is 4.11. The first-order valence-electron chi connectivity index (χ1n) is 5.50. The maximum atomic E-state index is 11.1. The van der Waals surface area contributed by atoms with Crippen molar-refractivity contribution < 1.29 is 9.90 Å². The second kappa shape index (κ2) is 5.01. The summed E-state index contributed by atoms with van der Waals surface area (Å²) in [7, 11) is 1.84. The molecule has 0 saturated carbocycles. The standard InChI is InChI=1S/C13H19NO2/c1-5-11(13(15)16)14(4)12-9(2)7-6-8-10(12)3/h6-8,11H,5H2,1-4H3,(H,15,16)/t11-/m0/s1. The Labute approximate surface area is 96.7 Å². The minimum atomic E-state index is -0.771. The number of aryl methyl sites for hydroxylation is 2. The van der Waals surface area contributed by atoms with Crippen LogP contribution < -0.4 is 4.90 Å². The van der Waals surface area contributed by atoms with Gasteiger partial charge in [0.05, 0.1) is 0 Å². The third-order valence-corrected chi connectivity index (χ3v) is 2.93. The molecule has 0 aliphatic rings. The van der Waals surface area contributed by atoms with Gasteiger partial charge >= 0.3 is 5.97 Å². The van der Waals surface area contributed by atoms with Crippen LogP contribution in [0.1, 0.15) is 24.5 Å². The number of hydrogen-bond donors (Lipinski definition) is 1. The lowest BCUT2D eigenvalue weighted by molar-refractivity contribution is -0.138. The number of benzene rings is 1. The van der Waals surface area contributed by atoms with Crippen LogP contribution in [-0.4, -0.2) is 24.2 Å². The van der Waals surface area contributed by atoms with E-state index in [4.69, 9.17) is 5.11 Å². The van der Waals surface area contributed by atoms with Crippen molar-refractivity contribution in [1.82, 2.24) is 0 Å². The zero-order chi connectivity index (χ0) is 12.3. The summed E-state index contributed by atoms with van der Waals surface area (Å²) in [4.78, 5) is 13.0. The van der Waals surface area contributed by atoms with Gasteiger partial charge in [0.2, 0.25) is 0 Å². The van der Waals surface area contributed by atoms with Crippen molar-refractivity contribution in [1.29, 1.82) is 0 Å². The van der Waals surface area contributed by atoms with Crippen LogP contribution in [-0.2, 0) is 4.79 Å². The van der Waals surface area contributed by atoms with Crippen LogP contribution in [0.2, 0.25) is 0 Å². The van der Waals surface area contributed by atoms with E-state index in [9.17, 15) is 4.79 Å². The molecule has 0 saturated heterocycles. The van der Waals surface area contributed by atoms with E-state index >= 15 is 0 Å². The molecule has 0 fully saturated rings. The number of nitrogens with zero attached hydrogens (tertiary/aromatic N) is 1. The summed E-state index contributed by atoms with van der Waals surface area (Å²) in [5.41, 5.74) is 3.25. The van der Waals surface area contributed by atoms with Crippen LogP contribution in [0.5, 0.6) is 0 Å². The molecule has 3 heteroatoms. The molecule has 0 radical (unpaired) electrons. The average molecular weight is 221 g/mol. The lowest BCUT2D eigenvalue weighted by atomic mass is 10.1. The summed E-state index contributed by atoms with van der Waals surface area (Å²) in [5.74, 6) is -0.771. The van der Waals surface area contributed by atoms with Crippen LogP contribution in [0.4, 0.5) is 5.69 Å². The minimum Gasteiger partial charge on any atom is -0.480 e. The number of aliphatic carboxylic acids is 1. The number of anilines is 1. The highest BCUT2D eigenvalue weighted by molar-refractivity contribution is 5.79. The van der Waals surface area contributed by atoms with Crippen molar-refractivity contribution in [2.45, 2.75) is 33.2 Å². The number of para-hydroxylation sites is 1.